The number of carbonyl (C=O) groups excluding carboxylic acids is 2. The third-order valence-electron chi connectivity index (χ3n) is 2.25. The third-order valence-corrected chi connectivity index (χ3v) is 2.61. The Labute approximate surface area is 172 Å². The Morgan fingerprint density at radius 3 is 2.09 bits per heavy atom. The monoisotopic (exact) mass is 535 g/mol. The van der Waals surface area contributed by atoms with Gasteiger partial charge in [-0.05, 0) is 6.42 Å². The SMILES string of the molecule is NC(CCC(=O)NC(CS)C(=O)NCC(=O)O)C(=O)O.[Cd+2].[Cd+2]. The smallest absolute Gasteiger partial charge is 0.480 e. The molecule has 0 aromatic heterocycles. The fourth-order valence-electron chi connectivity index (χ4n) is 1.16. The van der Waals surface area contributed by atoms with Gasteiger partial charge in [-0.1, -0.05) is 0 Å². The molecule has 0 spiro atoms. The zero-order valence-corrected chi connectivity index (χ0v) is 20.9. The van der Waals surface area contributed by atoms with Crippen molar-refractivity contribution in [2.45, 2.75) is 24.9 Å². The normalized spacial score (nSPS) is 11.9. The third kappa shape index (κ3) is 12.6. The number of nitrogens with one attached hydrogen (secondary N) is 2. The zero-order valence-electron chi connectivity index (χ0n) is 11.9. The van der Waals surface area contributed by atoms with E-state index >= 15 is 0 Å². The Morgan fingerprint density at radius 2 is 1.68 bits per heavy atom. The molecule has 0 rings (SSSR count). The number of hydrogen-bond donors (Lipinski definition) is 6. The van der Waals surface area contributed by atoms with Crippen molar-refractivity contribution in [2.24, 2.45) is 5.73 Å². The van der Waals surface area contributed by atoms with Crippen molar-refractivity contribution in [1.82, 2.24) is 10.6 Å². The van der Waals surface area contributed by atoms with Gasteiger partial charge in [-0.15, -0.1) is 0 Å². The Hall–Kier alpha value is 0.0342. The average molecular weight is 532 g/mol. The van der Waals surface area contributed by atoms with Crippen LogP contribution in [0, 0.1) is 0 Å². The molecule has 0 radical (unpaired) electrons. The molecule has 114 valence electrons. The summed E-state index contributed by atoms with van der Waals surface area (Å²) in [6.45, 7) is -0.567. The molecular formula is C10H17Cd2N3O6S+4. The van der Waals surface area contributed by atoms with E-state index in [2.05, 4.69) is 23.3 Å². The van der Waals surface area contributed by atoms with Crippen molar-refractivity contribution >= 4 is 36.4 Å². The van der Waals surface area contributed by atoms with Crippen LogP contribution < -0.4 is 16.4 Å². The Balaban J connectivity index is -0.00000180. The summed E-state index contributed by atoms with van der Waals surface area (Å²) in [6, 6.07) is -2.15. The van der Waals surface area contributed by atoms with Crippen molar-refractivity contribution in [3.8, 4) is 0 Å². The summed E-state index contributed by atoms with van der Waals surface area (Å²) in [5.74, 6) is -3.70. The summed E-state index contributed by atoms with van der Waals surface area (Å²) in [5.41, 5.74) is 5.23. The predicted octanol–water partition coefficient (Wildman–Crippen LogP) is -2.21. The van der Waals surface area contributed by atoms with Crippen LogP contribution in [0.2, 0.25) is 0 Å². The molecule has 0 saturated heterocycles. The van der Waals surface area contributed by atoms with E-state index in [0.717, 1.165) is 0 Å². The second kappa shape index (κ2) is 14.6. The number of hydrogen-bond acceptors (Lipinski definition) is 6. The van der Waals surface area contributed by atoms with Crippen LogP contribution >= 0.6 is 12.6 Å². The van der Waals surface area contributed by atoms with Crippen LogP contribution in [0.15, 0.2) is 0 Å². The molecule has 9 nitrogen and oxygen atoms in total. The van der Waals surface area contributed by atoms with E-state index in [4.69, 9.17) is 15.9 Å². The second-order valence-corrected chi connectivity index (χ2v) is 4.26. The van der Waals surface area contributed by atoms with E-state index in [1.165, 1.54) is 0 Å². The molecular weight excluding hydrogens is 515 g/mol. The van der Waals surface area contributed by atoms with E-state index in [9.17, 15) is 19.2 Å². The summed E-state index contributed by atoms with van der Waals surface area (Å²) < 4.78 is 0. The second-order valence-electron chi connectivity index (χ2n) is 3.90. The van der Waals surface area contributed by atoms with Crippen LogP contribution in [0.3, 0.4) is 0 Å². The molecule has 6 N–H and O–H groups in total. The summed E-state index contributed by atoms with van der Waals surface area (Å²) in [5, 5.41) is 21.4. The number of carbonyl (C=O) groups is 4. The maximum Gasteiger partial charge on any atom is 2.00 e. The first-order valence-corrected chi connectivity index (χ1v) is 6.29. The van der Waals surface area contributed by atoms with E-state index in [0.29, 0.717) is 0 Å². The molecule has 0 saturated carbocycles. The van der Waals surface area contributed by atoms with Crippen molar-refractivity contribution < 1.29 is 84.0 Å². The molecule has 0 aliphatic heterocycles. The molecule has 12 heteroatoms. The molecule has 0 aromatic rings. The van der Waals surface area contributed by atoms with Gasteiger partial charge in [0.2, 0.25) is 11.8 Å². The van der Waals surface area contributed by atoms with Gasteiger partial charge in [-0.25, -0.2) is 0 Å². The van der Waals surface area contributed by atoms with Gasteiger partial charge < -0.3 is 26.6 Å². The molecule has 0 aliphatic carbocycles. The van der Waals surface area contributed by atoms with Gasteiger partial charge in [0.15, 0.2) is 0 Å². The van der Waals surface area contributed by atoms with Gasteiger partial charge in [-0.3, -0.25) is 19.2 Å². The van der Waals surface area contributed by atoms with Crippen LogP contribution in [0.4, 0.5) is 0 Å². The predicted molar refractivity (Wildman–Crippen MR) is 71.3 cm³/mol. The van der Waals surface area contributed by atoms with Crippen molar-refractivity contribution in [3.05, 3.63) is 0 Å². The summed E-state index contributed by atoms with van der Waals surface area (Å²) >= 11 is 3.87. The van der Waals surface area contributed by atoms with Crippen LogP contribution in [-0.2, 0) is 73.8 Å². The fourth-order valence-corrected chi connectivity index (χ4v) is 1.41. The van der Waals surface area contributed by atoms with E-state index in [1.807, 2.05) is 0 Å². The van der Waals surface area contributed by atoms with Gasteiger partial charge in [0.1, 0.15) is 18.6 Å². The summed E-state index contributed by atoms with van der Waals surface area (Å²) in [7, 11) is 0. The van der Waals surface area contributed by atoms with Crippen LogP contribution in [0.25, 0.3) is 0 Å². The number of rotatable bonds is 9. The number of carboxylic acids is 2. The van der Waals surface area contributed by atoms with Gasteiger partial charge >= 0.3 is 66.5 Å². The number of thiol groups is 1. The summed E-state index contributed by atoms with van der Waals surface area (Å²) in [6.07, 6.45) is -0.235. The topological polar surface area (TPSA) is 159 Å². The fraction of sp³-hybridized carbons (Fsp3) is 0.600. The van der Waals surface area contributed by atoms with E-state index in [-0.39, 0.29) is 73.2 Å². The van der Waals surface area contributed by atoms with Crippen molar-refractivity contribution in [3.63, 3.8) is 0 Å². The van der Waals surface area contributed by atoms with Gasteiger partial charge in [0.05, 0.1) is 0 Å². The first-order valence-electron chi connectivity index (χ1n) is 5.66. The van der Waals surface area contributed by atoms with Crippen LogP contribution in [-0.4, -0.2) is 58.3 Å². The minimum absolute atomic E-state index is 0. The Bertz CT molecular complexity index is 399. The first-order chi connectivity index (χ1) is 9.27. The number of aliphatic carboxylic acids is 2. The minimum atomic E-state index is -1.22. The maximum atomic E-state index is 11.5. The number of nitrogens with two attached hydrogens (primary N) is 1. The maximum absolute atomic E-state index is 11.5. The molecule has 2 unspecified atom stereocenters. The average Bonchev–Trinajstić information content (AvgIpc) is 2.38. The molecule has 0 heterocycles. The molecule has 2 amide bonds. The molecule has 0 aromatic carbocycles. The number of amides is 2. The largest absolute Gasteiger partial charge is 2.00 e. The standard InChI is InChI=1S/C10H17N3O6S.2Cd/c11-5(10(18)19)1-2-7(14)13-6(4-20)9(17)12-3-8(15)16;;/h5-6,20H,1-4,11H2,(H,12,17)(H,13,14)(H,15,16)(H,18,19);;/q;2*+2. The van der Waals surface area contributed by atoms with Gasteiger partial charge in [0.25, 0.3) is 0 Å². The Morgan fingerprint density at radius 1 is 1.14 bits per heavy atom. The Kier molecular flexibility index (Phi) is 17.9. The van der Waals surface area contributed by atoms with Gasteiger partial charge in [0, 0.05) is 12.2 Å². The molecule has 0 aliphatic rings. The first kappa shape index (κ1) is 26.9. The minimum Gasteiger partial charge on any atom is -0.480 e. The van der Waals surface area contributed by atoms with Crippen molar-refractivity contribution in [2.75, 3.05) is 12.3 Å². The molecule has 0 fully saturated rings. The van der Waals surface area contributed by atoms with E-state index < -0.39 is 42.4 Å². The van der Waals surface area contributed by atoms with Gasteiger partial charge in [-0.2, -0.15) is 12.6 Å². The van der Waals surface area contributed by atoms with Crippen LogP contribution in [0.5, 0.6) is 0 Å². The quantitative estimate of drug-likeness (QED) is 0.145. The molecule has 2 atom stereocenters. The molecule has 22 heavy (non-hydrogen) atoms. The van der Waals surface area contributed by atoms with Crippen molar-refractivity contribution in [1.29, 1.82) is 0 Å². The zero-order chi connectivity index (χ0) is 15.7. The van der Waals surface area contributed by atoms with E-state index in [1.54, 1.807) is 0 Å². The molecule has 0 bridgehead atoms. The van der Waals surface area contributed by atoms with Crippen LogP contribution in [0.1, 0.15) is 12.8 Å². The summed E-state index contributed by atoms with van der Waals surface area (Å²) in [4.78, 5) is 43.7. The number of carboxylic acid groups (broad SMARTS) is 2.